The van der Waals surface area contributed by atoms with Crippen molar-refractivity contribution in [1.82, 2.24) is 0 Å². The van der Waals surface area contributed by atoms with E-state index in [0.717, 1.165) is 11.3 Å². The third-order valence-electron chi connectivity index (χ3n) is 1.53. The van der Waals surface area contributed by atoms with E-state index in [2.05, 4.69) is 0 Å². The van der Waals surface area contributed by atoms with Crippen LogP contribution in [0.3, 0.4) is 0 Å². The Morgan fingerprint density at radius 2 is 2.08 bits per heavy atom. The molecule has 0 spiro atoms. The maximum atomic E-state index is 5.09. The van der Waals surface area contributed by atoms with Crippen molar-refractivity contribution in [2.75, 3.05) is 6.61 Å². The summed E-state index contributed by atoms with van der Waals surface area (Å²) in [5, 5.41) is 0. The Morgan fingerprint density at radius 1 is 1.31 bits per heavy atom. The molecule has 0 atom stereocenters. The van der Waals surface area contributed by atoms with Gasteiger partial charge in [0.15, 0.2) is 5.75 Å². The van der Waals surface area contributed by atoms with Gasteiger partial charge in [0.25, 0.3) is 0 Å². The van der Waals surface area contributed by atoms with Gasteiger partial charge in [-0.1, -0.05) is 30.4 Å². The molecule has 70 valence electrons. The summed E-state index contributed by atoms with van der Waals surface area (Å²) in [5.74, 6) is 0.752. The topological polar surface area (TPSA) is 18.5 Å². The van der Waals surface area contributed by atoms with Crippen LogP contribution in [0.2, 0.25) is 0 Å². The summed E-state index contributed by atoms with van der Waals surface area (Å²) in [6.45, 7) is 4.40. The monoisotopic (exact) mass is 178 g/mol. The van der Waals surface area contributed by atoms with Crippen LogP contribution >= 0.6 is 0 Å². The smallest absolute Gasteiger partial charge is 0.172 e. The van der Waals surface area contributed by atoms with Gasteiger partial charge in [0.2, 0.25) is 0 Å². The van der Waals surface area contributed by atoms with Crippen molar-refractivity contribution in [2.24, 2.45) is 0 Å². The third-order valence-corrected chi connectivity index (χ3v) is 1.53. The Balaban J connectivity index is 2.78. The molecule has 2 nitrogen and oxygen atoms in total. The standard InChI is InChI=1S/C11H14O2/c1-3-7-10-8-5-6-9-11(10)13-12-4-2/h3,5-9H,4H2,1-2H3. The minimum Gasteiger partial charge on any atom is -0.337 e. The molecule has 1 aromatic rings. The first-order chi connectivity index (χ1) is 6.38. The van der Waals surface area contributed by atoms with Crippen LogP contribution in [-0.4, -0.2) is 6.61 Å². The fourth-order valence-electron chi connectivity index (χ4n) is 0.996. The first-order valence-electron chi connectivity index (χ1n) is 4.39. The van der Waals surface area contributed by atoms with E-state index in [1.807, 2.05) is 50.3 Å². The molecule has 0 heterocycles. The molecule has 0 saturated heterocycles. The lowest BCUT2D eigenvalue weighted by Gasteiger charge is -2.05. The van der Waals surface area contributed by atoms with Crippen molar-refractivity contribution in [3.8, 4) is 5.75 Å². The summed E-state index contributed by atoms with van der Waals surface area (Å²) in [4.78, 5) is 9.96. The van der Waals surface area contributed by atoms with Gasteiger partial charge in [0.1, 0.15) is 0 Å². The van der Waals surface area contributed by atoms with Gasteiger partial charge in [0.05, 0.1) is 6.61 Å². The fourth-order valence-corrected chi connectivity index (χ4v) is 0.996. The Labute approximate surface area is 78.7 Å². The van der Waals surface area contributed by atoms with Crippen LogP contribution in [0.15, 0.2) is 30.3 Å². The quantitative estimate of drug-likeness (QED) is 0.521. The van der Waals surface area contributed by atoms with Gasteiger partial charge in [-0.2, -0.15) is 4.89 Å². The van der Waals surface area contributed by atoms with Crippen LogP contribution in [0.4, 0.5) is 0 Å². The average Bonchev–Trinajstić information content (AvgIpc) is 2.17. The summed E-state index contributed by atoms with van der Waals surface area (Å²) in [5.41, 5.74) is 1.03. The molecule has 0 aromatic heterocycles. The molecule has 0 aliphatic rings. The van der Waals surface area contributed by atoms with E-state index in [1.165, 1.54) is 0 Å². The van der Waals surface area contributed by atoms with E-state index >= 15 is 0 Å². The molecule has 0 saturated carbocycles. The molecule has 0 bridgehead atoms. The summed E-state index contributed by atoms with van der Waals surface area (Å²) in [7, 11) is 0. The molecule has 0 unspecified atom stereocenters. The predicted octanol–water partition coefficient (Wildman–Crippen LogP) is 3.05. The van der Waals surface area contributed by atoms with Crippen LogP contribution < -0.4 is 4.89 Å². The van der Waals surface area contributed by atoms with Gasteiger partial charge in [-0.25, -0.2) is 0 Å². The van der Waals surface area contributed by atoms with Crippen molar-refractivity contribution >= 4 is 6.08 Å². The zero-order valence-electron chi connectivity index (χ0n) is 7.99. The molecule has 1 rings (SSSR count). The Bertz CT molecular complexity index is 279. The minimum atomic E-state index is 0.546. The first-order valence-corrected chi connectivity index (χ1v) is 4.39. The van der Waals surface area contributed by atoms with Crippen molar-refractivity contribution < 1.29 is 9.78 Å². The van der Waals surface area contributed by atoms with Crippen LogP contribution in [0.25, 0.3) is 6.08 Å². The number of para-hydroxylation sites is 1. The Kier molecular flexibility index (Phi) is 4.06. The van der Waals surface area contributed by atoms with Gasteiger partial charge in [-0.15, -0.1) is 0 Å². The second-order valence-electron chi connectivity index (χ2n) is 2.53. The van der Waals surface area contributed by atoms with Gasteiger partial charge in [-0.3, -0.25) is 0 Å². The van der Waals surface area contributed by atoms with E-state index in [9.17, 15) is 0 Å². The SMILES string of the molecule is CC=Cc1ccccc1OOCC. The van der Waals surface area contributed by atoms with Crippen molar-refractivity contribution in [3.05, 3.63) is 35.9 Å². The van der Waals surface area contributed by atoms with Crippen LogP contribution in [0.1, 0.15) is 19.4 Å². The van der Waals surface area contributed by atoms with E-state index in [1.54, 1.807) is 0 Å². The average molecular weight is 178 g/mol. The second kappa shape index (κ2) is 5.38. The molecular weight excluding hydrogens is 164 g/mol. The predicted molar refractivity (Wildman–Crippen MR) is 53.4 cm³/mol. The summed E-state index contributed by atoms with van der Waals surface area (Å²) < 4.78 is 0. The highest BCUT2D eigenvalue weighted by Gasteiger charge is 1.98. The normalized spacial score (nSPS) is 10.6. The van der Waals surface area contributed by atoms with E-state index in [4.69, 9.17) is 9.78 Å². The third kappa shape index (κ3) is 2.92. The highest BCUT2D eigenvalue weighted by molar-refractivity contribution is 5.56. The van der Waals surface area contributed by atoms with Crippen molar-refractivity contribution in [3.63, 3.8) is 0 Å². The summed E-state index contributed by atoms with van der Waals surface area (Å²) >= 11 is 0. The summed E-state index contributed by atoms with van der Waals surface area (Å²) in [6.07, 6.45) is 3.95. The molecular formula is C11H14O2. The lowest BCUT2D eigenvalue weighted by molar-refractivity contribution is -0.202. The van der Waals surface area contributed by atoms with Crippen molar-refractivity contribution in [2.45, 2.75) is 13.8 Å². The molecule has 13 heavy (non-hydrogen) atoms. The van der Waals surface area contributed by atoms with Gasteiger partial charge < -0.3 is 4.89 Å². The second-order valence-corrected chi connectivity index (χ2v) is 2.53. The van der Waals surface area contributed by atoms with Crippen molar-refractivity contribution in [1.29, 1.82) is 0 Å². The van der Waals surface area contributed by atoms with Crippen LogP contribution in [0, 0.1) is 0 Å². The van der Waals surface area contributed by atoms with E-state index in [-0.39, 0.29) is 0 Å². The van der Waals surface area contributed by atoms with Gasteiger partial charge >= 0.3 is 0 Å². The Morgan fingerprint density at radius 3 is 2.77 bits per heavy atom. The molecule has 0 aliphatic heterocycles. The minimum absolute atomic E-state index is 0.546. The number of allylic oxidation sites excluding steroid dienone is 1. The number of hydrogen-bond donors (Lipinski definition) is 0. The Hall–Kier alpha value is -1.28. The number of hydrogen-bond acceptors (Lipinski definition) is 2. The first kappa shape index (κ1) is 9.81. The molecule has 0 amide bonds. The number of benzene rings is 1. The molecule has 0 fully saturated rings. The summed E-state index contributed by atoms with van der Waals surface area (Å²) in [6, 6.07) is 7.74. The molecule has 1 aromatic carbocycles. The highest BCUT2D eigenvalue weighted by atomic mass is 17.2. The van der Waals surface area contributed by atoms with E-state index < -0.39 is 0 Å². The maximum Gasteiger partial charge on any atom is 0.172 e. The van der Waals surface area contributed by atoms with E-state index in [0.29, 0.717) is 6.61 Å². The maximum absolute atomic E-state index is 5.09. The fraction of sp³-hybridized carbons (Fsp3) is 0.273. The van der Waals surface area contributed by atoms with Gasteiger partial charge in [0, 0.05) is 5.56 Å². The largest absolute Gasteiger partial charge is 0.337 e. The zero-order valence-corrected chi connectivity index (χ0v) is 7.99. The molecule has 0 aliphatic carbocycles. The molecule has 0 radical (unpaired) electrons. The lowest BCUT2D eigenvalue weighted by Crippen LogP contribution is -1.96. The van der Waals surface area contributed by atoms with Crippen LogP contribution in [0.5, 0.6) is 5.75 Å². The molecule has 0 N–H and O–H groups in total. The number of rotatable bonds is 4. The zero-order chi connectivity index (χ0) is 9.52. The molecule has 2 heteroatoms. The van der Waals surface area contributed by atoms with Gasteiger partial charge in [-0.05, 0) is 19.9 Å². The van der Waals surface area contributed by atoms with Crippen LogP contribution in [-0.2, 0) is 4.89 Å². The lowest BCUT2D eigenvalue weighted by atomic mass is 10.2. The highest BCUT2D eigenvalue weighted by Crippen LogP contribution is 2.19.